The summed E-state index contributed by atoms with van der Waals surface area (Å²) in [6.07, 6.45) is 20.9. The highest BCUT2D eigenvalue weighted by atomic mass is 127. The van der Waals surface area contributed by atoms with Crippen LogP contribution in [0, 0.1) is 57.5 Å². The van der Waals surface area contributed by atoms with Crippen LogP contribution < -0.4 is 27.2 Å². The minimum absolute atomic E-state index is 0.0447. The van der Waals surface area contributed by atoms with Crippen LogP contribution in [0.3, 0.4) is 0 Å². The summed E-state index contributed by atoms with van der Waals surface area (Å²) in [5, 5.41) is 29.5. The zero-order valence-corrected chi connectivity index (χ0v) is 69.4. The van der Waals surface area contributed by atoms with Crippen LogP contribution in [0.1, 0.15) is 241 Å². The van der Waals surface area contributed by atoms with Crippen LogP contribution in [0.25, 0.3) is 20.9 Å². The van der Waals surface area contributed by atoms with E-state index < -0.39 is 76.0 Å². The predicted octanol–water partition coefficient (Wildman–Crippen LogP) is 17.3. The summed E-state index contributed by atoms with van der Waals surface area (Å²) in [6.45, 7) is 17.5. The van der Waals surface area contributed by atoms with Gasteiger partial charge in [0.2, 0.25) is 23.6 Å². The number of amides is 5. The standard InChI is InChI=1S/C51H65F3IN5O6S.C34H52N4O4S/c1-33-47(67-32-57-33)35-20-18-34(19-21-35)30-56-49(64)44-29-38(62)31-60(44)50(65)40(51(2,3)4)28-37(61)17-15-13-11-9-7-5-6-8-10-12-14-16-26-66-59-48(63)39-23-24-41(52)45(54)46(39)58-43-25-22-36(55)27-42(43)53;1-24-31(43-23-37-24)26-16-14-25(15-17-26)21-36-32(41)30-20-28(40)22-38(30)33(42)29(34(2,3)4)19-27(39)13-11-9-7-5-6-8-10-12-18-35/h18-25,27,32,38,40,44,58,62H,5-17,26,28-31H2,1-4H3,(H,56,64)(H,59,63);14-17,23,28-30,40H,5-13,18-22,35H2,1-4H3,(H,36,41)/t38-,40-,44+;28-,29-,30+/m11/s1. The predicted molar refractivity (Wildman–Crippen MR) is 438 cm³/mol. The largest absolute Gasteiger partial charge is 0.391 e. The number of aliphatic hydroxyl groups is 2. The molecule has 2 fully saturated rings. The van der Waals surface area contributed by atoms with Crippen molar-refractivity contribution < 1.29 is 61.8 Å². The van der Waals surface area contributed by atoms with Gasteiger partial charge < -0.3 is 41.7 Å². The smallest absolute Gasteiger partial charge is 0.277 e. The number of ketones is 2. The molecule has 2 saturated heterocycles. The van der Waals surface area contributed by atoms with Gasteiger partial charge in [-0.25, -0.2) is 28.6 Å². The zero-order valence-electron chi connectivity index (χ0n) is 65.6. The van der Waals surface area contributed by atoms with Gasteiger partial charge in [-0.3, -0.25) is 38.4 Å². The maximum atomic E-state index is 14.7. The van der Waals surface area contributed by atoms with Crippen molar-refractivity contribution in [2.75, 3.05) is 31.6 Å². The molecule has 6 atom stereocenters. The molecule has 4 heterocycles. The average Bonchev–Trinajstić information content (AvgIpc) is 1.52. The minimum atomic E-state index is -1.30. The van der Waals surface area contributed by atoms with E-state index in [-0.39, 0.29) is 91.8 Å². The summed E-state index contributed by atoms with van der Waals surface area (Å²) in [6, 6.07) is 20.5. The number of aliphatic hydroxyl groups excluding tert-OH is 2. The highest BCUT2D eigenvalue weighted by Crippen LogP contribution is 2.38. The third-order valence-electron chi connectivity index (χ3n) is 20.7. The van der Waals surface area contributed by atoms with E-state index in [1.165, 1.54) is 47.6 Å². The number of nitrogens with two attached hydrogens (primary N) is 1. The molecule has 8 rings (SSSR count). The van der Waals surface area contributed by atoms with Gasteiger partial charge >= 0.3 is 0 Å². The summed E-state index contributed by atoms with van der Waals surface area (Å²) < 4.78 is 43.7. The highest BCUT2D eigenvalue weighted by molar-refractivity contribution is 14.1. The first-order chi connectivity index (χ1) is 52.5. The lowest BCUT2D eigenvalue weighted by Crippen LogP contribution is -2.50. The number of anilines is 2. The molecule has 25 heteroatoms. The van der Waals surface area contributed by atoms with E-state index in [4.69, 9.17) is 10.6 Å². The number of carbonyl (C=O) groups is 7. The van der Waals surface area contributed by atoms with Gasteiger partial charge in [-0.15, -0.1) is 22.7 Å². The number of likely N-dealkylation sites (tertiary alicyclic amines) is 2. The molecule has 0 saturated carbocycles. The van der Waals surface area contributed by atoms with Gasteiger partial charge in [0.15, 0.2) is 11.6 Å². The van der Waals surface area contributed by atoms with Gasteiger partial charge in [-0.2, -0.15) is 0 Å². The van der Waals surface area contributed by atoms with Crippen molar-refractivity contribution in [1.29, 1.82) is 0 Å². The Morgan fingerprint density at radius 2 is 0.973 bits per heavy atom. The molecule has 110 heavy (non-hydrogen) atoms. The number of Topliss-reactive ketones (excluding diaryl/α,β-unsaturated/α-hetero) is 2. The van der Waals surface area contributed by atoms with Crippen LogP contribution in [0.5, 0.6) is 0 Å². The number of hydrogen-bond acceptors (Lipinski definition) is 16. The maximum absolute atomic E-state index is 14.7. The van der Waals surface area contributed by atoms with E-state index in [1.54, 1.807) is 28.7 Å². The molecule has 2 aliphatic rings. The van der Waals surface area contributed by atoms with Crippen molar-refractivity contribution in [1.82, 2.24) is 35.9 Å². The third-order valence-corrected chi connectivity index (χ3v) is 23.3. The molecule has 0 aliphatic carbocycles. The van der Waals surface area contributed by atoms with Gasteiger partial charge in [-0.05, 0) is 132 Å². The fourth-order valence-corrected chi connectivity index (χ4v) is 16.1. The summed E-state index contributed by atoms with van der Waals surface area (Å²) >= 11 is 5.11. The van der Waals surface area contributed by atoms with E-state index in [1.807, 2.05) is 138 Å². The van der Waals surface area contributed by atoms with E-state index in [0.717, 1.165) is 158 Å². The Kier molecular flexibility index (Phi) is 37.4. The zero-order chi connectivity index (χ0) is 79.9. The SMILES string of the molecule is Cc1ncsc1-c1ccc(CNC(=O)[C@@H]2C[C@@H](O)CN2C(=O)[C@@H](CC(=O)CCCCCCCCCCCCCCONC(=O)c2ccc(F)c(F)c2Nc2ccc(I)cc2F)C(C)(C)C)cc1.Cc1ncsc1-c1ccc(CNC(=O)[C@@H]2C[C@@H](O)CN2C(=O)[C@@H](CC(=O)CCCCCCCCCCN)C(C)(C)C)cc1. The topological polar surface area (TPSA) is 276 Å². The van der Waals surface area contributed by atoms with Crippen molar-refractivity contribution in [3.63, 3.8) is 0 Å². The van der Waals surface area contributed by atoms with E-state index in [2.05, 4.69) is 31.4 Å². The molecule has 4 aromatic carbocycles. The van der Waals surface area contributed by atoms with Crippen LogP contribution in [0.2, 0.25) is 0 Å². The molecule has 19 nitrogen and oxygen atoms in total. The van der Waals surface area contributed by atoms with E-state index in [9.17, 15) is 56.9 Å². The quantitative estimate of drug-likeness (QED) is 0.0107. The van der Waals surface area contributed by atoms with Crippen LogP contribution >= 0.6 is 45.3 Å². The Bertz CT molecular complexity index is 3920. The molecule has 2 aliphatic heterocycles. The van der Waals surface area contributed by atoms with Crippen LogP contribution in [0.4, 0.5) is 24.5 Å². The van der Waals surface area contributed by atoms with Crippen molar-refractivity contribution in [3.8, 4) is 20.9 Å². The first-order valence-electron chi connectivity index (χ1n) is 39.4. The van der Waals surface area contributed by atoms with Crippen LogP contribution in [-0.2, 0) is 46.7 Å². The number of halogens is 4. The number of β-amino-alcohol motifs (C(OH)–C–C–N with tert-alkyl or cyclic N) is 2. The minimum Gasteiger partial charge on any atom is -0.391 e. The lowest BCUT2D eigenvalue weighted by Gasteiger charge is -2.34. The van der Waals surface area contributed by atoms with Crippen molar-refractivity contribution in [2.45, 2.75) is 260 Å². The number of thiazole rings is 2. The molecule has 6 aromatic rings. The number of aromatic nitrogens is 2. The number of aryl methyl sites for hydroxylation is 2. The molecular formula is C85H117F3IN9O10S2. The number of nitrogens with one attached hydrogen (secondary N) is 4. The fraction of sp³-hybridized carbons (Fsp3) is 0.565. The number of rotatable bonds is 43. The summed E-state index contributed by atoms with van der Waals surface area (Å²) in [5.41, 5.74) is 15.7. The first kappa shape index (κ1) is 90.2. The van der Waals surface area contributed by atoms with Gasteiger partial charge in [0.1, 0.15) is 29.5 Å². The molecule has 0 spiro atoms. The summed E-state index contributed by atoms with van der Waals surface area (Å²) in [4.78, 5) is 113. The van der Waals surface area contributed by atoms with Crippen LogP contribution in [0.15, 0.2) is 89.9 Å². The van der Waals surface area contributed by atoms with E-state index >= 15 is 0 Å². The molecular weight excluding hydrogens is 1560 g/mol. The number of unbranched alkanes of at least 4 members (excludes halogenated alkanes) is 18. The van der Waals surface area contributed by atoms with Gasteiger partial charge in [0.25, 0.3) is 5.91 Å². The number of carbonyl (C=O) groups excluding carboxylic acids is 7. The van der Waals surface area contributed by atoms with Gasteiger partial charge in [0, 0.05) is 80.1 Å². The molecule has 602 valence electrons. The molecule has 8 N–H and O–H groups in total. The Morgan fingerprint density at radius 1 is 0.564 bits per heavy atom. The lowest BCUT2D eigenvalue weighted by molar-refractivity contribution is -0.146. The van der Waals surface area contributed by atoms with E-state index in [0.29, 0.717) is 35.9 Å². The highest BCUT2D eigenvalue weighted by Gasteiger charge is 2.46. The normalized spacial score (nSPS) is 16.3. The number of hydroxylamine groups is 1. The maximum Gasteiger partial charge on any atom is 0.277 e. The van der Waals surface area contributed by atoms with Crippen molar-refractivity contribution in [2.24, 2.45) is 28.4 Å². The second kappa shape index (κ2) is 45.6. The third kappa shape index (κ3) is 28.9. The Balaban J connectivity index is 0.000000337. The second-order valence-corrected chi connectivity index (χ2v) is 34.6. The monoisotopic (exact) mass is 1670 g/mol. The summed E-state index contributed by atoms with van der Waals surface area (Å²) in [5.74, 6) is -6.04. The molecule has 0 unspecified atom stereocenters. The van der Waals surface area contributed by atoms with Crippen molar-refractivity contribution in [3.05, 3.63) is 139 Å². The molecule has 0 radical (unpaired) electrons. The molecule has 2 aromatic heterocycles. The number of benzene rings is 4. The van der Waals surface area contributed by atoms with Crippen molar-refractivity contribution >= 4 is 97.7 Å². The first-order valence-corrected chi connectivity index (χ1v) is 42.2. The summed E-state index contributed by atoms with van der Waals surface area (Å²) in [7, 11) is 0. The average molecular weight is 1670 g/mol. The fourth-order valence-electron chi connectivity index (χ4n) is 14.1. The Labute approximate surface area is 670 Å². The second-order valence-electron chi connectivity index (χ2n) is 31.7. The Morgan fingerprint density at radius 3 is 1.36 bits per heavy atom. The van der Waals surface area contributed by atoms with Crippen LogP contribution in [-0.4, -0.2) is 122 Å². The van der Waals surface area contributed by atoms with Gasteiger partial charge in [0.05, 0.1) is 67.9 Å². The van der Waals surface area contributed by atoms with Gasteiger partial charge in [-0.1, -0.05) is 193 Å². The molecule has 0 bridgehead atoms. The lowest BCUT2D eigenvalue weighted by atomic mass is 9.76. The number of nitrogens with zero attached hydrogens (tertiary/aromatic N) is 4. The molecule has 5 amide bonds. The number of hydrogen-bond donors (Lipinski definition) is 7. The Hall–Kier alpha value is -7.01.